The minimum absolute atomic E-state index is 0.157. The van der Waals surface area contributed by atoms with Gasteiger partial charge in [-0.05, 0) is 31.2 Å². The average Bonchev–Trinajstić information content (AvgIpc) is 2.77. The normalized spacial score (nSPS) is 12.6. The Hall–Kier alpha value is -1.39. The van der Waals surface area contributed by atoms with Crippen molar-refractivity contribution >= 4 is 11.6 Å². The molecule has 0 saturated carbocycles. The number of hydrogen-bond donors (Lipinski definition) is 1. The van der Waals surface area contributed by atoms with Crippen molar-refractivity contribution < 1.29 is 4.39 Å². The van der Waals surface area contributed by atoms with E-state index in [1.165, 1.54) is 12.1 Å². The molecule has 0 amide bonds. The first-order valence-corrected chi connectivity index (χ1v) is 6.75. The zero-order valence-electron chi connectivity index (χ0n) is 11.0. The van der Waals surface area contributed by atoms with Gasteiger partial charge in [-0.2, -0.15) is 5.10 Å². The van der Waals surface area contributed by atoms with Crippen LogP contribution in [-0.4, -0.2) is 16.3 Å². The maximum Gasteiger partial charge on any atom is 0.123 e. The van der Waals surface area contributed by atoms with Crippen LogP contribution in [0, 0.1) is 5.82 Å². The van der Waals surface area contributed by atoms with Crippen LogP contribution >= 0.6 is 11.6 Å². The lowest BCUT2D eigenvalue weighted by Crippen LogP contribution is -2.25. The number of aryl methyl sites for hydroxylation is 1. The van der Waals surface area contributed by atoms with Crippen molar-refractivity contribution in [1.29, 1.82) is 0 Å². The van der Waals surface area contributed by atoms with E-state index in [9.17, 15) is 4.39 Å². The van der Waals surface area contributed by atoms with Gasteiger partial charge in [0.25, 0.3) is 0 Å². The monoisotopic (exact) mass is 281 g/mol. The van der Waals surface area contributed by atoms with Crippen LogP contribution in [0.5, 0.6) is 0 Å². The standard InChI is InChI=1S/C14H17ClFN3/c1-3-17-13(10-6-5-7-11(16)8-10)14-12(15)9-18-19(14)4-2/h5-9,13,17H,3-4H2,1-2H3. The summed E-state index contributed by atoms with van der Waals surface area (Å²) < 4.78 is 15.2. The van der Waals surface area contributed by atoms with Gasteiger partial charge < -0.3 is 5.32 Å². The zero-order chi connectivity index (χ0) is 13.8. The van der Waals surface area contributed by atoms with Gasteiger partial charge in [-0.25, -0.2) is 4.39 Å². The number of nitrogens with one attached hydrogen (secondary N) is 1. The molecule has 0 fully saturated rings. The first-order chi connectivity index (χ1) is 9.17. The molecule has 102 valence electrons. The molecule has 3 nitrogen and oxygen atoms in total. The minimum atomic E-state index is -0.251. The van der Waals surface area contributed by atoms with E-state index in [1.54, 1.807) is 12.3 Å². The van der Waals surface area contributed by atoms with E-state index in [1.807, 2.05) is 24.6 Å². The third-order valence-corrected chi connectivity index (χ3v) is 3.29. The van der Waals surface area contributed by atoms with Crippen LogP contribution in [0.2, 0.25) is 5.02 Å². The number of rotatable bonds is 5. The molecule has 1 N–H and O–H groups in total. The summed E-state index contributed by atoms with van der Waals surface area (Å²) in [6.45, 7) is 5.49. The van der Waals surface area contributed by atoms with Crippen LogP contribution < -0.4 is 5.32 Å². The van der Waals surface area contributed by atoms with Crippen LogP contribution in [-0.2, 0) is 6.54 Å². The van der Waals surface area contributed by atoms with E-state index < -0.39 is 0 Å². The Morgan fingerprint density at radius 3 is 2.84 bits per heavy atom. The Kier molecular flexibility index (Phi) is 4.56. The van der Waals surface area contributed by atoms with Crippen LogP contribution in [0.1, 0.15) is 31.1 Å². The van der Waals surface area contributed by atoms with E-state index in [2.05, 4.69) is 10.4 Å². The average molecular weight is 282 g/mol. The van der Waals surface area contributed by atoms with Crippen LogP contribution in [0.25, 0.3) is 0 Å². The van der Waals surface area contributed by atoms with Crippen molar-refractivity contribution in [3.8, 4) is 0 Å². The van der Waals surface area contributed by atoms with Gasteiger partial charge in [0, 0.05) is 6.54 Å². The Bertz CT molecular complexity index is 553. The molecule has 5 heteroatoms. The molecule has 1 heterocycles. The summed E-state index contributed by atoms with van der Waals surface area (Å²) in [6, 6.07) is 6.40. The lowest BCUT2D eigenvalue weighted by molar-refractivity contribution is 0.538. The zero-order valence-corrected chi connectivity index (χ0v) is 11.8. The van der Waals surface area contributed by atoms with Gasteiger partial charge in [0.2, 0.25) is 0 Å². The Balaban J connectivity index is 2.48. The van der Waals surface area contributed by atoms with Crippen LogP contribution in [0.4, 0.5) is 4.39 Å². The Morgan fingerprint density at radius 2 is 2.21 bits per heavy atom. The molecule has 0 bridgehead atoms. The van der Waals surface area contributed by atoms with Gasteiger partial charge in [-0.1, -0.05) is 30.7 Å². The molecule has 0 aliphatic heterocycles. The van der Waals surface area contributed by atoms with E-state index in [-0.39, 0.29) is 11.9 Å². The van der Waals surface area contributed by atoms with E-state index in [0.29, 0.717) is 5.02 Å². The molecule has 2 aromatic rings. The van der Waals surface area contributed by atoms with Crippen molar-refractivity contribution in [2.75, 3.05) is 6.54 Å². The fourth-order valence-corrected chi connectivity index (χ4v) is 2.42. The van der Waals surface area contributed by atoms with Gasteiger partial charge in [0.1, 0.15) is 5.82 Å². The summed E-state index contributed by atoms with van der Waals surface area (Å²) in [4.78, 5) is 0. The highest BCUT2D eigenvalue weighted by molar-refractivity contribution is 6.31. The van der Waals surface area contributed by atoms with E-state index in [4.69, 9.17) is 11.6 Å². The number of nitrogens with zero attached hydrogens (tertiary/aromatic N) is 2. The van der Waals surface area contributed by atoms with Gasteiger partial charge >= 0.3 is 0 Å². The lowest BCUT2D eigenvalue weighted by atomic mass is 10.0. The van der Waals surface area contributed by atoms with E-state index >= 15 is 0 Å². The molecule has 1 atom stereocenters. The quantitative estimate of drug-likeness (QED) is 0.910. The summed E-state index contributed by atoms with van der Waals surface area (Å²) in [7, 11) is 0. The van der Waals surface area contributed by atoms with Gasteiger partial charge in [-0.15, -0.1) is 0 Å². The van der Waals surface area contributed by atoms with Crippen molar-refractivity contribution in [2.45, 2.75) is 26.4 Å². The maximum absolute atomic E-state index is 13.4. The highest BCUT2D eigenvalue weighted by atomic mass is 35.5. The van der Waals surface area contributed by atoms with Gasteiger partial charge in [0.15, 0.2) is 0 Å². The van der Waals surface area contributed by atoms with Crippen molar-refractivity contribution in [3.63, 3.8) is 0 Å². The van der Waals surface area contributed by atoms with Crippen LogP contribution in [0.3, 0.4) is 0 Å². The third kappa shape index (κ3) is 2.96. The predicted octanol–water partition coefficient (Wildman–Crippen LogP) is 3.39. The third-order valence-electron chi connectivity index (χ3n) is 3.00. The predicted molar refractivity (Wildman–Crippen MR) is 74.8 cm³/mol. The number of hydrogen-bond acceptors (Lipinski definition) is 2. The summed E-state index contributed by atoms with van der Waals surface area (Å²) in [5.74, 6) is -0.251. The molecule has 0 radical (unpaired) electrons. The smallest absolute Gasteiger partial charge is 0.123 e. The molecule has 0 aliphatic rings. The van der Waals surface area contributed by atoms with Crippen molar-refractivity contribution in [1.82, 2.24) is 15.1 Å². The summed E-state index contributed by atoms with van der Waals surface area (Å²) in [5, 5.41) is 8.16. The second-order valence-electron chi connectivity index (χ2n) is 4.24. The molecule has 19 heavy (non-hydrogen) atoms. The Labute approximate surface area is 117 Å². The molecule has 0 spiro atoms. The van der Waals surface area contributed by atoms with Crippen LogP contribution in [0.15, 0.2) is 30.5 Å². The molecule has 1 unspecified atom stereocenters. The number of aromatic nitrogens is 2. The SMILES string of the molecule is CCNC(c1cccc(F)c1)c1c(Cl)cnn1CC. The molecule has 2 rings (SSSR count). The first kappa shape index (κ1) is 14.0. The summed E-state index contributed by atoms with van der Waals surface area (Å²) in [5.41, 5.74) is 1.72. The minimum Gasteiger partial charge on any atom is -0.305 e. The van der Waals surface area contributed by atoms with Gasteiger partial charge in [-0.3, -0.25) is 4.68 Å². The fraction of sp³-hybridized carbons (Fsp3) is 0.357. The first-order valence-electron chi connectivity index (χ1n) is 6.37. The second-order valence-corrected chi connectivity index (χ2v) is 4.65. The fourth-order valence-electron chi connectivity index (χ4n) is 2.17. The van der Waals surface area contributed by atoms with Gasteiger partial charge in [0.05, 0.1) is 23.0 Å². The topological polar surface area (TPSA) is 29.9 Å². The molecule has 0 saturated heterocycles. The summed E-state index contributed by atoms with van der Waals surface area (Å²) in [6.07, 6.45) is 1.63. The van der Waals surface area contributed by atoms with Crippen molar-refractivity contribution in [3.05, 3.63) is 52.6 Å². The molecule has 0 aliphatic carbocycles. The number of halogens is 2. The highest BCUT2D eigenvalue weighted by Crippen LogP contribution is 2.28. The molecule has 1 aromatic carbocycles. The maximum atomic E-state index is 13.4. The lowest BCUT2D eigenvalue weighted by Gasteiger charge is -2.20. The second kappa shape index (κ2) is 6.17. The molecule has 1 aromatic heterocycles. The number of benzene rings is 1. The Morgan fingerprint density at radius 1 is 1.42 bits per heavy atom. The van der Waals surface area contributed by atoms with Crippen molar-refractivity contribution in [2.24, 2.45) is 0 Å². The molecular formula is C14H17ClFN3. The summed E-state index contributed by atoms with van der Waals surface area (Å²) >= 11 is 6.23. The van der Waals surface area contributed by atoms with E-state index in [0.717, 1.165) is 24.3 Å². The molecular weight excluding hydrogens is 265 g/mol. The largest absolute Gasteiger partial charge is 0.305 e. The highest BCUT2D eigenvalue weighted by Gasteiger charge is 2.21.